The molecule has 2 aromatic heterocycles. The molecule has 0 radical (unpaired) electrons. The number of urea groups is 1. The van der Waals surface area contributed by atoms with E-state index in [-0.39, 0.29) is 36.3 Å². The first-order valence-electron chi connectivity index (χ1n) is 9.26. The Morgan fingerprint density at radius 2 is 2.18 bits per heavy atom. The Morgan fingerprint density at radius 3 is 2.93 bits per heavy atom. The molecule has 0 aliphatic carbocycles. The Bertz CT molecular complexity index is 890. The van der Waals surface area contributed by atoms with Crippen LogP contribution < -0.4 is 20.4 Å². The number of fused-ring (bicyclic) bond motifs is 4. The maximum atomic E-state index is 13.0. The topological polar surface area (TPSA) is 111 Å². The van der Waals surface area contributed by atoms with Crippen LogP contribution >= 0.6 is 0 Å². The molecule has 3 N–H and O–H groups in total. The minimum absolute atomic E-state index is 0.0154. The summed E-state index contributed by atoms with van der Waals surface area (Å²) in [4.78, 5) is 37.9. The van der Waals surface area contributed by atoms with E-state index in [2.05, 4.69) is 25.5 Å². The molecule has 9 nitrogen and oxygen atoms in total. The molecule has 0 aromatic carbocycles. The van der Waals surface area contributed by atoms with Crippen molar-refractivity contribution in [3.63, 3.8) is 0 Å². The minimum Gasteiger partial charge on any atom is -0.394 e. The molecule has 2 aromatic rings. The van der Waals surface area contributed by atoms with Crippen molar-refractivity contribution in [2.45, 2.75) is 25.4 Å². The molecule has 1 saturated heterocycles. The molecule has 2 aliphatic heterocycles. The van der Waals surface area contributed by atoms with Gasteiger partial charge in [0.05, 0.1) is 18.3 Å². The van der Waals surface area contributed by atoms with Gasteiger partial charge in [-0.3, -0.25) is 15.0 Å². The average molecular weight is 382 g/mol. The van der Waals surface area contributed by atoms with Gasteiger partial charge in [-0.1, -0.05) is 6.07 Å². The highest BCUT2D eigenvalue weighted by atomic mass is 16.3. The van der Waals surface area contributed by atoms with Gasteiger partial charge in [0.2, 0.25) is 0 Å². The SMILES string of the molecule is CC(CO)NC(=O)c1ccc2c(n1)N(C(=O)Nc1ccccn1)C1CCN2C1. The molecule has 2 unspecified atom stereocenters. The van der Waals surface area contributed by atoms with E-state index < -0.39 is 0 Å². The Kier molecular flexibility index (Phi) is 4.82. The number of carbonyl (C=O) groups is 2. The average Bonchev–Trinajstić information content (AvgIpc) is 3.12. The van der Waals surface area contributed by atoms with E-state index in [0.29, 0.717) is 11.6 Å². The van der Waals surface area contributed by atoms with Crippen LogP contribution in [0.2, 0.25) is 0 Å². The fraction of sp³-hybridized carbons (Fsp3) is 0.368. The van der Waals surface area contributed by atoms with Gasteiger partial charge in [0.15, 0.2) is 5.82 Å². The van der Waals surface area contributed by atoms with Crippen LogP contribution in [-0.4, -0.2) is 58.8 Å². The van der Waals surface area contributed by atoms with Crippen LogP contribution in [0.5, 0.6) is 0 Å². The normalized spacial score (nSPS) is 18.4. The number of aromatic nitrogens is 2. The second kappa shape index (κ2) is 7.43. The number of nitrogens with zero attached hydrogens (tertiary/aromatic N) is 4. The molecule has 146 valence electrons. The summed E-state index contributed by atoms with van der Waals surface area (Å²) in [5, 5.41) is 14.6. The first-order valence-corrected chi connectivity index (χ1v) is 9.26. The van der Waals surface area contributed by atoms with Crippen LogP contribution in [-0.2, 0) is 0 Å². The number of aliphatic hydroxyl groups excluding tert-OH is 1. The van der Waals surface area contributed by atoms with E-state index >= 15 is 0 Å². The lowest BCUT2D eigenvalue weighted by Crippen LogP contribution is -2.48. The number of rotatable bonds is 4. The molecule has 2 bridgehead atoms. The van der Waals surface area contributed by atoms with Crippen molar-refractivity contribution in [1.29, 1.82) is 0 Å². The van der Waals surface area contributed by atoms with Gasteiger partial charge in [-0.2, -0.15) is 0 Å². The quantitative estimate of drug-likeness (QED) is 0.733. The number of hydrogen-bond acceptors (Lipinski definition) is 6. The van der Waals surface area contributed by atoms with Crippen LogP contribution in [0, 0.1) is 0 Å². The van der Waals surface area contributed by atoms with Crippen molar-refractivity contribution in [2.75, 3.05) is 34.8 Å². The van der Waals surface area contributed by atoms with Crippen molar-refractivity contribution in [1.82, 2.24) is 15.3 Å². The van der Waals surface area contributed by atoms with Gasteiger partial charge < -0.3 is 15.3 Å². The second-order valence-electron chi connectivity index (χ2n) is 7.00. The fourth-order valence-corrected chi connectivity index (χ4v) is 3.55. The Morgan fingerprint density at radius 1 is 1.32 bits per heavy atom. The fourth-order valence-electron chi connectivity index (χ4n) is 3.55. The number of aliphatic hydroxyl groups is 1. The molecule has 9 heteroatoms. The van der Waals surface area contributed by atoms with Gasteiger partial charge in [0.1, 0.15) is 11.5 Å². The van der Waals surface area contributed by atoms with Crippen LogP contribution in [0.1, 0.15) is 23.8 Å². The predicted molar refractivity (Wildman–Crippen MR) is 105 cm³/mol. The number of carbonyl (C=O) groups excluding carboxylic acids is 2. The first kappa shape index (κ1) is 18.2. The maximum absolute atomic E-state index is 13.0. The zero-order valence-corrected chi connectivity index (χ0v) is 15.5. The van der Waals surface area contributed by atoms with Crippen LogP contribution in [0.3, 0.4) is 0 Å². The third-order valence-electron chi connectivity index (χ3n) is 4.95. The number of pyridine rings is 2. The van der Waals surface area contributed by atoms with Gasteiger partial charge in [-0.25, -0.2) is 14.8 Å². The molecule has 2 aliphatic rings. The van der Waals surface area contributed by atoms with Gasteiger partial charge in [0, 0.05) is 25.3 Å². The summed E-state index contributed by atoms with van der Waals surface area (Å²) in [7, 11) is 0. The van der Waals surface area contributed by atoms with Crippen LogP contribution in [0.25, 0.3) is 0 Å². The van der Waals surface area contributed by atoms with Crippen LogP contribution in [0.15, 0.2) is 36.5 Å². The molecule has 0 spiro atoms. The van der Waals surface area contributed by atoms with Crippen molar-refractivity contribution in [3.8, 4) is 0 Å². The smallest absolute Gasteiger partial charge is 0.329 e. The predicted octanol–water partition coefficient (Wildman–Crippen LogP) is 1.22. The number of nitrogens with one attached hydrogen (secondary N) is 2. The molecule has 3 amide bonds. The van der Waals surface area contributed by atoms with Crippen molar-refractivity contribution < 1.29 is 14.7 Å². The number of amides is 3. The van der Waals surface area contributed by atoms with Gasteiger partial charge >= 0.3 is 6.03 Å². The lowest BCUT2D eigenvalue weighted by Gasteiger charge is -2.35. The summed E-state index contributed by atoms with van der Waals surface area (Å²) in [5.74, 6) is 0.536. The largest absolute Gasteiger partial charge is 0.394 e. The summed E-state index contributed by atoms with van der Waals surface area (Å²) < 4.78 is 0. The standard InChI is InChI=1S/C19H22N6O3/c1-12(11-26)21-18(27)14-5-6-15-17(22-14)25(13-7-9-24(15)10-13)19(28)23-16-4-2-3-8-20-16/h2-6,8,12-13,26H,7,9-11H2,1H3,(H,21,27)(H,20,23,28). The van der Waals surface area contributed by atoms with Crippen molar-refractivity contribution in [3.05, 3.63) is 42.2 Å². The Hall–Kier alpha value is -3.20. The van der Waals surface area contributed by atoms with Gasteiger partial charge in [-0.05, 0) is 37.6 Å². The Labute approximate surface area is 162 Å². The third kappa shape index (κ3) is 3.36. The van der Waals surface area contributed by atoms with E-state index in [1.165, 1.54) is 0 Å². The van der Waals surface area contributed by atoms with Crippen molar-refractivity contribution in [2.24, 2.45) is 0 Å². The minimum atomic E-state index is -0.387. The Balaban J connectivity index is 1.65. The van der Waals surface area contributed by atoms with E-state index in [9.17, 15) is 9.59 Å². The summed E-state index contributed by atoms with van der Waals surface area (Å²) in [6.45, 7) is 3.11. The van der Waals surface area contributed by atoms with E-state index in [4.69, 9.17) is 5.11 Å². The van der Waals surface area contributed by atoms with Crippen molar-refractivity contribution >= 4 is 29.3 Å². The molecule has 2 atom stereocenters. The lowest BCUT2D eigenvalue weighted by molar-refractivity contribution is 0.0917. The molecule has 4 rings (SSSR count). The summed E-state index contributed by atoms with van der Waals surface area (Å²) in [5.41, 5.74) is 1.04. The van der Waals surface area contributed by atoms with E-state index in [0.717, 1.165) is 25.2 Å². The molecule has 0 saturated carbocycles. The summed E-state index contributed by atoms with van der Waals surface area (Å²) >= 11 is 0. The first-order chi connectivity index (χ1) is 13.6. The molecule has 1 fully saturated rings. The zero-order valence-electron chi connectivity index (χ0n) is 15.5. The van der Waals surface area contributed by atoms with Crippen LogP contribution in [0.4, 0.5) is 22.1 Å². The summed E-state index contributed by atoms with van der Waals surface area (Å²) in [6.07, 6.45) is 2.44. The second-order valence-corrected chi connectivity index (χ2v) is 7.00. The lowest BCUT2D eigenvalue weighted by atomic mass is 10.1. The highest BCUT2D eigenvalue weighted by Gasteiger charge is 2.40. The molecular weight excluding hydrogens is 360 g/mol. The number of anilines is 3. The van der Waals surface area contributed by atoms with E-state index in [1.807, 2.05) is 6.07 Å². The highest BCUT2D eigenvalue weighted by Crippen LogP contribution is 2.39. The molecule has 28 heavy (non-hydrogen) atoms. The monoisotopic (exact) mass is 382 g/mol. The van der Waals surface area contributed by atoms with E-state index in [1.54, 1.807) is 42.3 Å². The third-order valence-corrected chi connectivity index (χ3v) is 4.95. The zero-order chi connectivity index (χ0) is 19.7. The molecule has 4 heterocycles. The van der Waals surface area contributed by atoms with Gasteiger partial charge in [-0.15, -0.1) is 0 Å². The summed E-state index contributed by atoms with van der Waals surface area (Å²) in [6, 6.07) is 8.05. The maximum Gasteiger partial charge on any atom is 0.329 e. The molecular formula is C19H22N6O3. The van der Waals surface area contributed by atoms with Gasteiger partial charge in [0.25, 0.3) is 5.91 Å². The number of hydrogen-bond donors (Lipinski definition) is 3. The highest BCUT2D eigenvalue weighted by molar-refractivity contribution is 6.05.